The van der Waals surface area contributed by atoms with Crippen LogP contribution in [0.3, 0.4) is 0 Å². The number of nitrogens with zero attached hydrogens (tertiary/aromatic N) is 1. The van der Waals surface area contributed by atoms with Crippen LogP contribution in [-0.2, 0) is 9.53 Å². The molecule has 0 saturated carbocycles. The molecule has 1 fully saturated rings. The van der Waals surface area contributed by atoms with Crippen molar-refractivity contribution in [2.24, 2.45) is 0 Å². The summed E-state index contributed by atoms with van der Waals surface area (Å²) >= 11 is 5.88. The Morgan fingerprint density at radius 3 is 2.95 bits per heavy atom. The van der Waals surface area contributed by atoms with E-state index >= 15 is 0 Å². The van der Waals surface area contributed by atoms with Crippen molar-refractivity contribution >= 4 is 23.5 Å². The van der Waals surface area contributed by atoms with Crippen LogP contribution in [-0.4, -0.2) is 54.8 Å². The smallest absolute Gasteiger partial charge is 0.305 e. The maximum atomic E-state index is 12.6. The Kier molecular flexibility index (Phi) is 5.03. The number of carbonyl (C=O) groups is 2. The van der Waals surface area contributed by atoms with Crippen molar-refractivity contribution in [3.63, 3.8) is 0 Å². The van der Waals surface area contributed by atoms with E-state index in [-0.39, 0.29) is 18.9 Å². The molecule has 1 saturated heterocycles. The molecular weight excluding hydrogens is 298 g/mol. The molecule has 0 radical (unpaired) electrons. The number of morpholine rings is 1. The highest BCUT2D eigenvalue weighted by Gasteiger charge is 2.31. The van der Waals surface area contributed by atoms with Crippen LogP contribution in [0.2, 0.25) is 5.02 Å². The van der Waals surface area contributed by atoms with Gasteiger partial charge in [-0.1, -0.05) is 11.6 Å². The van der Waals surface area contributed by atoms with E-state index in [0.717, 1.165) is 0 Å². The fourth-order valence-corrected chi connectivity index (χ4v) is 2.45. The van der Waals surface area contributed by atoms with Crippen LogP contribution in [0.1, 0.15) is 16.8 Å². The highest BCUT2D eigenvalue weighted by atomic mass is 35.5. The van der Waals surface area contributed by atoms with E-state index in [9.17, 15) is 9.59 Å². The van der Waals surface area contributed by atoms with Gasteiger partial charge >= 0.3 is 5.97 Å². The van der Waals surface area contributed by atoms with E-state index in [1.165, 1.54) is 12.0 Å². The molecule has 0 aliphatic carbocycles. The lowest BCUT2D eigenvalue weighted by molar-refractivity contribution is -0.139. The van der Waals surface area contributed by atoms with Crippen molar-refractivity contribution in [1.82, 2.24) is 4.90 Å². The largest absolute Gasteiger partial charge is 0.496 e. The van der Waals surface area contributed by atoms with Gasteiger partial charge in [0.05, 0.1) is 38.3 Å². The van der Waals surface area contributed by atoms with Gasteiger partial charge in [-0.15, -0.1) is 0 Å². The van der Waals surface area contributed by atoms with Gasteiger partial charge in [0.15, 0.2) is 0 Å². The van der Waals surface area contributed by atoms with E-state index in [4.69, 9.17) is 26.2 Å². The molecule has 1 atom stereocenters. The highest BCUT2D eigenvalue weighted by molar-refractivity contribution is 6.30. The van der Waals surface area contributed by atoms with E-state index in [1.54, 1.807) is 18.2 Å². The summed E-state index contributed by atoms with van der Waals surface area (Å²) in [5, 5.41) is 9.40. The second-order valence-electron chi connectivity index (χ2n) is 4.67. The topological polar surface area (TPSA) is 76.1 Å². The number of amides is 1. The third-order valence-electron chi connectivity index (χ3n) is 3.29. The summed E-state index contributed by atoms with van der Waals surface area (Å²) in [6.07, 6.45) is -0.151. The van der Waals surface area contributed by atoms with Gasteiger partial charge in [0.25, 0.3) is 5.91 Å². The number of hydrogen-bond donors (Lipinski definition) is 1. The monoisotopic (exact) mass is 313 g/mol. The van der Waals surface area contributed by atoms with Gasteiger partial charge < -0.3 is 19.5 Å². The fourth-order valence-electron chi connectivity index (χ4n) is 2.29. The average molecular weight is 314 g/mol. The predicted octanol–water partition coefficient (Wildman–Crippen LogP) is 1.66. The summed E-state index contributed by atoms with van der Waals surface area (Å²) in [5.41, 5.74) is 0.360. The second-order valence-corrected chi connectivity index (χ2v) is 5.11. The minimum Gasteiger partial charge on any atom is -0.496 e. The fraction of sp³-hybridized carbons (Fsp3) is 0.429. The SMILES string of the molecule is COc1cc(Cl)ccc1C(=O)N1CCOC[C@@H]1CC(=O)O. The molecule has 0 bridgehead atoms. The van der Waals surface area contributed by atoms with Gasteiger partial charge in [-0.2, -0.15) is 0 Å². The zero-order valence-electron chi connectivity index (χ0n) is 11.5. The Morgan fingerprint density at radius 1 is 1.52 bits per heavy atom. The molecule has 1 aromatic rings. The van der Waals surface area contributed by atoms with E-state index in [0.29, 0.717) is 29.5 Å². The summed E-state index contributed by atoms with van der Waals surface area (Å²) in [5.74, 6) is -0.877. The van der Waals surface area contributed by atoms with Crippen LogP contribution < -0.4 is 4.74 Å². The van der Waals surface area contributed by atoms with Crippen molar-refractivity contribution in [1.29, 1.82) is 0 Å². The van der Waals surface area contributed by atoms with Gasteiger partial charge in [0.2, 0.25) is 0 Å². The molecule has 7 heteroatoms. The number of carbonyl (C=O) groups excluding carboxylic acids is 1. The Bertz CT molecular complexity index is 548. The third kappa shape index (κ3) is 3.65. The standard InChI is InChI=1S/C14H16ClNO5/c1-20-12-6-9(15)2-3-11(12)14(19)16-4-5-21-8-10(16)7-13(17)18/h2-3,6,10H,4-5,7-8H2,1H3,(H,17,18)/t10-/m0/s1. The molecule has 6 nitrogen and oxygen atoms in total. The van der Waals surface area contributed by atoms with Crippen LogP contribution in [0.25, 0.3) is 0 Å². The van der Waals surface area contributed by atoms with E-state index in [2.05, 4.69) is 0 Å². The van der Waals surface area contributed by atoms with Crippen molar-refractivity contribution in [2.45, 2.75) is 12.5 Å². The molecular formula is C14H16ClNO5. The molecule has 1 amide bonds. The number of hydrogen-bond acceptors (Lipinski definition) is 4. The zero-order valence-corrected chi connectivity index (χ0v) is 12.3. The second kappa shape index (κ2) is 6.78. The number of carboxylic acids is 1. The molecule has 114 valence electrons. The first-order chi connectivity index (χ1) is 10.0. The summed E-state index contributed by atoms with van der Waals surface area (Å²) in [6, 6.07) is 4.26. The summed E-state index contributed by atoms with van der Waals surface area (Å²) in [4.78, 5) is 25.1. The molecule has 0 aromatic heterocycles. The normalized spacial score (nSPS) is 18.4. The molecule has 1 aromatic carbocycles. The van der Waals surface area contributed by atoms with Crippen molar-refractivity contribution in [3.8, 4) is 5.75 Å². The van der Waals surface area contributed by atoms with Crippen molar-refractivity contribution in [2.75, 3.05) is 26.9 Å². The van der Waals surface area contributed by atoms with Crippen molar-refractivity contribution in [3.05, 3.63) is 28.8 Å². The molecule has 21 heavy (non-hydrogen) atoms. The quantitative estimate of drug-likeness (QED) is 0.915. The number of methoxy groups -OCH3 is 1. The summed E-state index contributed by atoms with van der Waals surface area (Å²) in [6.45, 7) is 0.953. The summed E-state index contributed by atoms with van der Waals surface area (Å²) < 4.78 is 10.4. The molecule has 1 aliphatic rings. The van der Waals surface area contributed by atoms with Crippen LogP contribution in [0, 0.1) is 0 Å². The maximum Gasteiger partial charge on any atom is 0.305 e. The summed E-state index contributed by atoms with van der Waals surface area (Å²) in [7, 11) is 1.45. The van der Waals surface area contributed by atoms with Crippen LogP contribution in [0.15, 0.2) is 18.2 Å². The number of rotatable bonds is 4. The van der Waals surface area contributed by atoms with Crippen LogP contribution >= 0.6 is 11.6 Å². The molecule has 1 aliphatic heterocycles. The number of aliphatic carboxylic acids is 1. The lowest BCUT2D eigenvalue weighted by Gasteiger charge is -2.35. The van der Waals surface area contributed by atoms with E-state index < -0.39 is 12.0 Å². The number of carboxylic acid groups (broad SMARTS) is 1. The molecule has 0 spiro atoms. The number of ether oxygens (including phenoxy) is 2. The zero-order chi connectivity index (χ0) is 15.4. The lowest BCUT2D eigenvalue weighted by Crippen LogP contribution is -2.49. The Balaban J connectivity index is 2.26. The number of halogens is 1. The minimum absolute atomic E-state index is 0.151. The molecule has 1 heterocycles. The van der Waals surface area contributed by atoms with Gasteiger partial charge in [0, 0.05) is 11.6 Å². The van der Waals surface area contributed by atoms with Gasteiger partial charge in [0.1, 0.15) is 5.75 Å². The third-order valence-corrected chi connectivity index (χ3v) is 3.53. The number of benzene rings is 1. The maximum absolute atomic E-state index is 12.6. The Hall–Kier alpha value is -1.79. The minimum atomic E-state index is -0.966. The average Bonchev–Trinajstić information content (AvgIpc) is 2.46. The van der Waals surface area contributed by atoms with Gasteiger partial charge in [-0.05, 0) is 18.2 Å². The Labute approximate surface area is 127 Å². The van der Waals surface area contributed by atoms with Gasteiger partial charge in [-0.25, -0.2) is 0 Å². The molecule has 0 unspecified atom stereocenters. The molecule has 2 rings (SSSR count). The van der Waals surface area contributed by atoms with E-state index in [1.807, 2.05) is 0 Å². The first-order valence-electron chi connectivity index (χ1n) is 6.47. The van der Waals surface area contributed by atoms with Gasteiger partial charge in [-0.3, -0.25) is 9.59 Å². The first kappa shape index (κ1) is 15.6. The predicted molar refractivity (Wildman–Crippen MR) is 75.9 cm³/mol. The Morgan fingerprint density at radius 2 is 2.29 bits per heavy atom. The van der Waals surface area contributed by atoms with Crippen LogP contribution in [0.5, 0.6) is 5.75 Å². The highest BCUT2D eigenvalue weighted by Crippen LogP contribution is 2.26. The molecule has 1 N–H and O–H groups in total. The lowest BCUT2D eigenvalue weighted by atomic mass is 10.1. The van der Waals surface area contributed by atoms with Crippen molar-refractivity contribution < 1.29 is 24.2 Å². The van der Waals surface area contributed by atoms with Crippen LogP contribution in [0.4, 0.5) is 0 Å². The first-order valence-corrected chi connectivity index (χ1v) is 6.84.